The number of nitrogens with one attached hydrogen (secondary N) is 1. The molecule has 2 saturated carbocycles. The summed E-state index contributed by atoms with van der Waals surface area (Å²) in [6, 6.07) is -2.28. The molecule has 2 rings (SSSR count). The Morgan fingerprint density at radius 3 is 2.13 bits per heavy atom. The Balaban J connectivity index is 2.16. The predicted molar refractivity (Wildman–Crippen MR) is 116 cm³/mol. The number of carbonyl (C=O) groups excluding carboxylic acids is 2. The van der Waals surface area contributed by atoms with Crippen LogP contribution in [0.15, 0.2) is 0 Å². The van der Waals surface area contributed by atoms with Crippen molar-refractivity contribution < 1.29 is 29.0 Å². The zero-order valence-electron chi connectivity index (χ0n) is 19.6. The fourth-order valence-corrected chi connectivity index (χ4v) is 5.61. The van der Waals surface area contributed by atoms with E-state index in [-0.39, 0.29) is 23.5 Å². The first-order valence-corrected chi connectivity index (χ1v) is 11.4. The average Bonchev–Trinajstić information content (AvgIpc) is 2.60. The molecule has 0 aromatic heterocycles. The first-order valence-electron chi connectivity index (χ1n) is 11.4. The van der Waals surface area contributed by atoms with E-state index >= 15 is 0 Å². The molecule has 0 heterocycles. The molecule has 3 atom stereocenters. The third-order valence-electron chi connectivity index (χ3n) is 7.26. The van der Waals surface area contributed by atoms with E-state index in [0.717, 1.165) is 25.7 Å². The SMILES string of the molecule is COC(=O)[C@H](COC(C1CCC1)C1C(C)(C)CCCC1(C)C)NC(=O)[C@@H](N)CC(=O)O. The highest BCUT2D eigenvalue weighted by atomic mass is 16.5. The highest BCUT2D eigenvalue weighted by Crippen LogP contribution is 2.55. The highest BCUT2D eigenvalue weighted by molar-refractivity contribution is 5.89. The molecule has 1 unspecified atom stereocenters. The molecule has 2 aliphatic carbocycles. The van der Waals surface area contributed by atoms with Gasteiger partial charge in [-0.15, -0.1) is 0 Å². The van der Waals surface area contributed by atoms with Crippen molar-refractivity contribution in [3.8, 4) is 0 Å². The van der Waals surface area contributed by atoms with Crippen molar-refractivity contribution in [1.82, 2.24) is 5.32 Å². The number of amides is 1. The molecule has 1 amide bonds. The summed E-state index contributed by atoms with van der Waals surface area (Å²) < 4.78 is 11.3. The molecule has 0 aromatic rings. The summed E-state index contributed by atoms with van der Waals surface area (Å²) >= 11 is 0. The molecule has 31 heavy (non-hydrogen) atoms. The van der Waals surface area contributed by atoms with Crippen molar-refractivity contribution in [3.63, 3.8) is 0 Å². The lowest BCUT2D eigenvalue weighted by atomic mass is 9.53. The van der Waals surface area contributed by atoms with Gasteiger partial charge in [0, 0.05) is 0 Å². The third kappa shape index (κ3) is 6.42. The molecular formula is C23H40N2O6. The summed E-state index contributed by atoms with van der Waals surface area (Å²) in [5, 5.41) is 11.4. The molecule has 0 radical (unpaired) electrons. The van der Waals surface area contributed by atoms with Crippen LogP contribution in [-0.4, -0.2) is 54.9 Å². The van der Waals surface area contributed by atoms with E-state index in [0.29, 0.717) is 11.8 Å². The molecule has 0 aromatic carbocycles. The number of aliphatic carboxylic acids is 1. The quantitative estimate of drug-likeness (QED) is 0.445. The van der Waals surface area contributed by atoms with Crippen LogP contribution in [0.2, 0.25) is 0 Å². The Morgan fingerprint density at radius 1 is 1.10 bits per heavy atom. The summed E-state index contributed by atoms with van der Waals surface area (Å²) in [5.41, 5.74) is 5.86. The molecule has 0 saturated heterocycles. The van der Waals surface area contributed by atoms with E-state index in [1.807, 2.05) is 0 Å². The molecule has 0 spiro atoms. The number of nitrogens with two attached hydrogens (primary N) is 1. The summed E-state index contributed by atoms with van der Waals surface area (Å²) in [4.78, 5) is 35.5. The van der Waals surface area contributed by atoms with E-state index in [9.17, 15) is 14.4 Å². The number of carboxylic acids is 1. The van der Waals surface area contributed by atoms with Crippen LogP contribution in [0.25, 0.3) is 0 Å². The molecule has 4 N–H and O–H groups in total. The van der Waals surface area contributed by atoms with Gasteiger partial charge < -0.3 is 25.6 Å². The van der Waals surface area contributed by atoms with E-state index in [4.69, 9.17) is 20.3 Å². The predicted octanol–water partition coefficient (Wildman–Crippen LogP) is 2.48. The van der Waals surface area contributed by atoms with Crippen LogP contribution in [0.5, 0.6) is 0 Å². The van der Waals surface area contributed by atoms with Crippen LogP contribution >= 0.6 is 0 Å². The molecule has 178 valence electrons. The van der Waals surface area contributed by atoms with Crippen LogP contribution in [0, 0.1) is 22.7 Å². The number of ether oxygens (including phenoxy) is 2. The summed E-state index contributed by atoms with van der Waals surface area (Å²) in [6.45, 7) is 9.19. The molecule has 2 fully saturated rings. The lowest BCUT2D eigenvalue weighted by Gasteiger charge is -2.55. The number of rotatable bonds is 10. The van der Waals surface area contributed by atoms with Gasteiger partial charge >= 0.3 is 11.9 Å². The van der Waals surface area contributed by atoms with Crippen molar-refractivity contribution in [2.75, 3.05) is 13.7 Å². The van der Waals surface area contributed by atoms with E-state index in [1.165, 1.54) is 20.0 Å². The molecule has 8 nitrogen and oxygen atoms in total. The number of carbonyl (C=O) groups is 3. The van der Waals surface area contributed by atoms with Gasteiger partial charge in [-0.3, -0.25) is 9.59 Å². The molecule has 0 bridgehead atoms. The standard InChI is InChI=1S/C23H40N2O6/c1-22(2)10-7-11-23(3,4)19(22)18(14-8-6-9-14)31-13-16(21(29)30-5)25-20(28)15(24)12-17(26)27/h14-16,18-19H,6-13,24H2,1-5H3,(H,25,28)(H,26,27)/t15-,16-,18?/m0/s1. The number of esters is 1. The van der Waals surface area contributed by atoms with Crippen LogP contribution in [0.3, 0.4) is 0 Å². The minimum absolute atomic E-state index is 0.0178. The number of hydrogen-bond donors (Lipinski definition) is 3. The molecule has 2 aliphatic rings. The third-order valence-corrected chi connectivity index (χ3v) is 7.26. The van der Waals surface area contributed by atoms with Crippen LogP contribution in [0.4, 0.5) is 0 Å². The fourth-order valence-electron chi connectivity index (χ4n) is 5.61. The fraction of sp³-hybridized carbons (Fsp3) is 0.870. The Kier molecular flexibility index (Phi) is 8.50. The van der Waals surface area contributed by atoms with Gasteiger partial charge in [-0.2, -0.15) is 0 Å². The maximum Gasteiger partial charge on any atom is 0.330 e. The second kappa shape index (κ2) is 10.3. The molecular weight excluding hydrogens is 400 g/mol. The second-order valence-corrected chi connectivity index (χ2v) is 10.6. The van der Waals surface area contributed by atoms with Gasteiger partial charge in [0.05, 0.1) is 32.3 Å². The first-order chi connectivity index (χ1) is 14.4. The maximum atomic E-state index is 12.3. The zero-order valence-corrected chi connectivity index (χ0v) is 19.6. The van der Waals surface area contributed by atoms with E-state index in [1.54, 1.807) is 0 Å². The molecule has 8 heteroatoms. The first kappa shape index (κ1) is 25.6. The Hall–Kier alpha value is -1.67. The summed E-state index contributed by atoms with van der Waals surface area (Å²) in [7, 11) is 1.25. The van der Waals surface area contributed by atoms with Gasteiger partial charge in [0.1, 0.15) is 0 Å². The van der Waals surface area contributed by atoms with Crippen LogP contribution in [-0.2, 0) is 23.9 Å². The minimum Gasteiger partial charge on any atom is -0.481 e. The lowest BCUT2D eigenvalue weighted by Crippen LogP contribution is -2.55. The topological polar surface area (TPSA) is 128 Å². The van der Waals surface area contributed by atoms with Gasteiger partial charge in [-0.05, 0) is 48.3 Å². The van der Waals surface area contributed by atoms with Gasteiger partial charge in [0.15, 0.2) is 6.04 Å². The average molecular weight is 441 g/mol. The largest absolute Gasteiger partial charge is 0.481 e. The summed E-state index contributed by atoms with van der Waals surface area (Å²) in [6.07, 6.45) is 6.31. The Labute approximate surface area is 185 Å². The van der Waals surface area contributed by atoms with Crippen LogP contribution < -0.4 is 11.1 Å². The van der Waals surface area contributed by atoms with Gasteiger partial charge in [0.25, 0.3) is 0 Å². The smallest absolute Gasteiger partial charge is 0.330 e. The normalized spacial score (nSPS) is 23.8. The van der Waals surface area contributed by atoms with Gasteiger partial charge in [-0.1, -0.05) is 40.5 Å². The Morgan fingerprint density at radius 2 is 1.68 bits per heavy atom. The van der Waals surface area contributed by atoms with E-state index < -0.39 is 36.4 Å². The van der Waals surface area contributed by atoms with Crippen molar-refractivity contribution in [1.29, 1.82) is 0 Å². The summed E-state index contributed by atoms with van der Waals surface area (Å²) in [5.74, 6) is -1.77. The number of hydrogen-bond acceptors (Lipinski definition) is 6. The maximum absolute atomic E-state index is 12.3. The Bertz CT molecular complexity index is 642. The lowest BCUT2D eigenvalue weighted by molar-refractivity contribution is -0.158. The monoisotopic (exact) mass is 440 g/mol. The van der Waals surface area contributed by atoms with E-state index in [2.05, 4.69) is 33.0 Å². The highest BCUT2D eigenvalue weighted by Gasteiger charge is 2.51. The number of carboxylic acid groups (broad SMARTS) is 1. The van der Waals surface area contributed by atoms with Crippen molar-refractivity contribution in [2.45, 2.75) is 90.8 Å². The van der Waals surface area contributed by atoms with Crippen LogP contribution in [0.1, 0.15) is 72.6 Å². The molecule has 0 aliphatic heterocycles. The minimum atomic E-state index is -1.25. The zero-order chi connectivity index (χ0) is 23.4. The van der Waals surface area contributed by atoms with Crippen molar-refractivity contribution >= 4 is 17.8 Å². The van der Waals surface area contributed by atoms with Gasteiger partial charge in [0.2, 0.25) is 5.91 Å². The van der Waals surface area contributed by atoms with Crippen molar-refractivity contribution in [3.05, 3.63) is 0 Å². The van der Waals surface area contributed by atoms with Gasteiger partial charge in [-0.25, -0.2) is 4.79 Å². The number of methoxy groups -OCH3 is 1. The second-order valence-electron chi connectivity index (χ2n) is 10.6. The van der Waals surface area contributed by atoms with Crippen molar-refractivity contribution in [2.24, 2.45) is 28.4 Å².